The zero-order chi connectivity index (χ0) is 25.7. The lowest BCUT2D eigenvalue weighted by molar-refractivity contribution is -0.143. The van der Waals surface area contributed by atoms with E-state index in [1.54, 1.807) is 52.0 Å². The molecule has 184 valence electrons. The van der Waals surface area contributed by atoms with Gasteiger partial charge in [0, 0.05) is 12.6 Å². The SMILES string of the molecule is COc1ccc([C@H]2C(C(=O)OC(C)C)=C(C)N=c3s/c(=C4\C(=O)N(C)c5ccccc54)c(=O)n32)cc1. The number of carbonyl (C=O) groups excluding carboxylic acids is 2. The van der Waals surface area contributed by atoms with Crippen LogP contribution in [-0.2, 0) is 14.3 Å². The van der Waals surface area contributed by atoms with Crippen molar-refractivity contribution in [2.75, 3.05) is 19.1 Å². The summed E-state index contributed by atoms with van der Waals surface area (Å²) in [4.78, 5) is 47.0. The predicted molar refractivity (Wildman–Crippen MR) is 137 cm³/mol. The Labute approximate surface area is 211 Å². The Hall–Kier alpha value is -3.98. The van der Waals surface area contributed by atoms with Crippen LogP contribution < -0.4 is 24.5 Å². The summed E-state index contributed by atoms with van der Waals surface area (Å²) < 4.78 is 12.6. The summed E-state index contributed by atoms with van der Waals surface area (Å²) in [5.74, 6) is -0.138. The number of likely N-dealkylation sites (N-methyl/N-ethyl adjacent to an activating group) is 1. The van der Waals surface area contributed by atoms with Gasteiger partial charge in [0.05, 0.1) is 41.8 Å². The second-order valence-corrected chi connectivity index (χ2v) is 9.86. The molecule has 0 saturated heterocycles. The summed E-state index contributed by atoms with van der Waals surface area (Å²) in [6.45, 7) is 5.28. The molecule has 0 saturated carbocycles. The Bertz CT molecular complexity index is 1610. The van der Waals surface area contributed by atoms with Gasteiger partial charge in [-0.2, -0.15) is 0 Å². The fraction of sp³-hybridized carbons (Fsp3) is 0.259. The number of nitrogens with zero attached hydrogens (tertiary/aromatic N) is 3. The number of thiazole rings is 1. The minimum Gasteiger partial charge on any atom is -0.497 e. The number of esters is 1. The first kappa shape index (κ1) is 23.7. The van der Waals surface area contributed by atoms with Crippen LogP contribution in [0.25, 0.3) is 5.57 Å². The molecule has 3 heterocycles. The first-order valence-corrected chi connectivity index (χ1v) is 12.3. The molecule has 0 unspecified atom stereocenters. The highest BCUT2D eigenvalue weighted by Crippen LogP contribution is 2.35. The van der Waals surface area contributed by atoms with Gasteiger partial charge in [0.2, 0.25) is 0 Å². The van der Waals surface area contributed by atoms with Crippen LogP contribution in [0.3, 0.4) is 0 Å². The van der Waals surface area contributed by atoms with E-state index in [4.69, 9.17) is 9.47 Å². The van der Waals surface area contributed by atoms with Crippen LogP contribution >= 0.6 is 11.3 Å². The summed E-state index contributed by atoms with van der Waals surface area (Å²) in [6.07, 6.45) is -0.343. The molecule has 0 fully saturated rings. The minimum atomic E-state index is -0.766. The third-order valence-electron chi connectivity index (χ3n) is 6.27. The van der Waals surface area contributed by atoms with Gasteiger partial charge in [0.15, 0.2) is 4.80 Å². The number of aromatic nitrogens is 1. The molecule has 0 aliphatic carbocycles. The van der Waals surface area contributed by atoms with Crippen LogP contribution in [0, 0.1) is 0 Å². The van der Waals surface area contributed by atoms with E-state index in [-0.39, 0.29) is 23.1 Å². The molecular weight excluding hydrogens is 478 g/mol. The number of amides is 1. The molecule has 1 amide bonds. The van der Waals surface area contributed by atoms with Crippen LogP contribution in [0.1, 0.15) is 37.9 Å². The van der Waals surface area contributed by atoms with Gasteiger partial charge >= 0.3 is 5.97 Å². The third-order valence-corrected chi connectivity index (χ3v) is 7.33. The molecule has 2 aliphatic heterocycles. The topological polar surface area (TPSA) is 90.2 Å². The van der Waals surface area contributed by atoms with Gasteiger partial charge < -0.3 is 14.4 Å². The lowest BCUT2D eigenvalue weighted by Crippen LogP contribution is -2.41. The lowest BCUT2D eigenvalue weighted by atomic mass is 9.95. The second kappa shape index (κ2) is 8.91. The number of ether oxygens (including phenoxy) is 2. The minimum absolute atomic E-state index is 0.252. The van der Waals surface area contributed by atoms with Gasteiger partial charge in [-0.1, -0.05) is 41.7 Å². The number of hydrogen-bond donors (Lipinski definition) is 0. The number of anilines is 1. The van der Waals surface area contributed by atoms with Gasteiger partial charge in [0.1, 0.15) is 10.3 Å². The number of methoxy groups -OCH3 is 1. The van der Waals surface area contributed by atoms with E-state index in [0.717, 1.165) is 17.0 Å². The summed E-state index contributed by atoms with van der Waals surface area (Å²) >= 11 is 1.15. The van der Waals surface area contributed by atoms with Gasteiger partial charge in [-0.05, 0) is 44.5 Å². The zero-order valence-electron chi connectivity index (χ0n) is 20.6. The molecule has 0 radical (unpaired) electrons. The van der Waals surface area contributed by atoms with E-state index >= 15 is 0 Å². The van der Waals surface area contributed by atoms with Crippen molar-refractivity contribution in [3.8, 4) is 5.75 Å². The maximum absolute atomic E-state index is 14.0. The molecule has 0 spiro atoms. The maximum atomic E-state index is 14.0. The highest BCUT2D eigenvalue weighted by molar-refractivity contribution is 7.07. The number of allylic oxidation sites excluding steroid dienone is 1. The summed E-state index contributed by atoms with van der Waals surface area (Å²) in [7, 11) is 3.26. The monoisotopic (exact) mass is 503 g/mol. The maximum Gasteiger partial charge on any atom is 0.338 e. The molecule has 8 nitrogen and oxygen atoms in total. The van der Waals surface area contributed by atoms with Crippen molar-refractivity contribution in [1.82, 2.24) is 4.57 Å². The largest absolute Gasteiger partial charge is 0.497 e. The number of fused-ring (bicyclic) bond motifs is 2. The van der Waals surface area contributed by atoms with Crippen LogP contribution in [0.5, 0.6) is 5.75 Å². The van der Waals surface area contributed by atoms with Gasteiger partial charge in [-0.25, -0.2) is 9.79 Å². The van der Waals surface area contributed by atoms with Crippen LogP contribution in [0.4, 0.5) is 5.69 Å². The van der Waals surface area contributed by atoms with Crippen molar-refractivity contribution in [1.29, 1.82) is 0 Å². The Morgan fingerprint density at radius 2 is 1.78 bits per heavy atom. The summed E-state index contributed by atoms with van der Waals surface area (Å²) in [5, 5.41) is 0. The number of carbonyl (C=O) groups is 2. The Morgan fingerprint density at radius 1 is 1.08 bits per heavy atom. The molecule has 0 N–H and O–H groups in total. The van der Waals surface area contributed by atoms with Crippen LogP contribution in [0.2, 0.25) is 0 Å². The molecular formula is C27H25N3O5S. The molecule has 0 bridgehead atoms. The molecule has 2 aromatic carbocycles. The lowest BCUT2D eigenvalue weighted by Gasteiger charge is -2.25. The van der Waals surface area contributed by atoms with Crippen molar-refractivity contribution in [3.63, 3.8) is 0 Å². The Balaban J connectivity index is 1.80. The molecule has 2 aliphatic rings. The van der Waals surface area contributed by atoms with Gasteiger partial charge in [-0.3, -0.25) is 14.2 Å². The second-order valence-electron chi connectivity index (χ2n) is 8.89. The quantitative estimate of drug-likeness (QED) is 0.511. The van der Waals surface area contributed by atoms with Crippen molar-refractivity contribution < 1.29 is 19.1 Å². The van der Waals surface area contributed by atoms with E-state index in [9.17, 15) is 14.4 Å². The predicted octanol–water partition coefficient (Wildman–Crippen LogP) is 2.54. The molecule has 1 atom stereocenters. The average molecular weight is 504 g/mol. The highest BCUT2D eigenvalue weighted by atomic mass is 32.1. The van der Waals surface area contributed by atoms with Gasteiger partial charge in [-0.15, -0.1) is 0 Å². The normalized spacial score (nSPS) is 18.2. The smallest absolute Gasteiger partial charge is 0.338 e. The van der Waals surface area contributed by atoms with Gasteiger partial charge in [0.25, 0.3) is 11.5 Å². The van der Waals surface area contributed by atoms with Crippen molar-refractivity contribution in [3.05, 3.63) is 90.6 Å². The highest BCUT2D eigenvalue weighted by Gasteiger charge is 2.36. The number of hydrogen-bond acceptors (Lipinski definition) is 7. The summed E-state index contributed by atoms with van der Waals surface area (Å²) in [5.41, 5.74) is 2.86. The van der Waals surface area contributed by atoms with E-state index in [2.05, 4.69) is 4.99 Å². The third kappa shape index (κ3) is 3.67. The fourth-order valence-corrected chi connectivity index (χ4v) is 5.74. The fourth-order valence-electron chi connectivity index (χ4n) is 4.60. The molecule has 5 rings (SSSR count). The van der Waals surface area contributed by atoms with E-state index < -0.39 is 12.0 Å². The number of rotatable bonds is 4. The average Bonchev–Trinajstić information content (AvgIpc) is 3.30. The molecule has 36 heavy (non-hydrogen) atoms. The Kier molecular flexibility index (Phi) is 5.88. The van der Waals surface area contributed by atoms with E-state index in [1.807, 2.05) is 36.4 Å². The van der Waals surface area contributed by atoms with E-state index in [0.29, 0.717) is 37.5 Å². The first-order valence-electron chi connectivity index (χ1n) is 11.5. The Morgan fingerprint density at radius 3 is 2.44 bits per heavy atom. The molecule has 3 aromatic rings. The van der Waals surface area contributed by atoms with Crippen molar-refractivity contribution in [2.45, 2.75) is 32.9 Å². The number of para-hydroxylation sites is 1. The van der Waals surface area contributed by atoms with Crippen LogP contribution in [-0.4, -0.2) is 36.7 Å². The number of benzene rings is 2. The van der Waals surface area contributed by atoms with Crippen molar-refractivity contribution >= 4 is 34.5 Å². The zero-order valence-corrected chi connectivity index (χ0v) is 21.4. The molecule has 1 aromatic heterocycles. The van der Waals surface area contributed by atoms with Crippen molar-refractivity contribution in [2.24, 2.45) is 4.99 Å². The summed E-state index contributed by atoms with van der Waals surface area (Å²) in [6, 6.07) is 13.8. The van der Waals surface area contributed by atoms with E-state index in [1.165, 1.54) is 4.57 Å². The molecule has 9 heteroatoms. The van der Waals surface area contributed by atoms with Crippen LogP contribution in [0.15, 0.2) is 69.6 Å². The standard InChI is InChI=1S/C27H25N3O5S/c1-14(2)35-26(33)20-15(3)28-27-30(22(20)16-10-12-17(34-5)13-11-16)25(32)23(36-27)21-18-8-6-7-9-19(18)29(4)24(21)31/h6-14,22H,1-5H3/b23-21-/t22-/m0/s1. The first-order chi connectivity index (χ1) is 17.2.